The molecule has 0 unspecified atom stereocenters. The number of benzene rings is 2. The maximum Gasteiger partial charge on any atom is 0.244 e. The number of anilines is 1. The summed E-state index contributed by atoms with van der Waals surface area (Å²) < 4.78 is 39.8. The Hall–Kier alpha value is -2.16. The average Bonchev–Trinajstić information content (AvgIpc) is 2.78. The summed E-state index contributed by atoms with van der Waals surface area (Å²) in [4.78, 5) is 15.5. The highest BCUT2D eigenvalue weighted by Gasteiger charge is 2.32. The van der Waals surface area contributed by atoms with E-state index >= 15 is 0 Å². The van der Waals surface area contributed by atoms with Crippen LogP contribution in [0.5, 0.6) is 0 Å². The minimum absolute atomic E-state index is 0.149. The van der Waals surface area contributed by atoms with Crippen molar-refractivity contribution in [3.8, 4) is 0 Å². The topological polar surface area (TPSA) is 69.7 Å². The number of halogens is 2. The van der Waals surface area contributed by atoms with E-state index in [9.17, 15) is 17.6 Å². The summed E-state index contributed by atoms with van der Waals surface area (Å²) >= 11 is 5.87. The second-order valence-corrected chi connectivity index (χ2v) is 10.7. The summed E-state index contributed by atoms with van der Waals surface area (Å²) in [6.07, 6.45) is 4.93. The molecular weight excluding hydrogens is 465 g/mol. The SMILES string of the molecule is CC[C@@H](C(=O)NCc1ccccc1CN1CCCCC1)N(c1ccc(F)c(Cl)c1)S(C)(=O)=O. The highest BCUT2D eigenvalue weighted by atomic mass is 35.5. The minimum atomic E-state index is -3.83. The number of nitrogens with zero attached hydrogens (tertiary/aromatic N) is 2. The highest BCUT2D eigenvalue weighted by molar-refractivity contribution is 7.92. The lowest BCUT2D eigenvalue weighted by atomic mass is 10.0. The van der Waals surface area contributed by atoms with Crippen LogP contribution >= 0.6 is 11.6 Å². The predicted octanol–water partition coefficient (Wildman–Crippen LogP) is 4.33. The van der Waals surface area contributed by atoms with Gasteiger partial charge in [0.25, 0.3) is 0 Å². The quantitative estimate of drug-likeness (QED) is 0.562. The molecule has 0 aromatic heterocycles. The van der Waals surface area contributed by atoms with Crippen LogP contribution in [0.15, 0.2) is 42.5 Å². The van der Waals surface area contributed by atoms with Crippen LogP contribution in [0.3, 0.4) is 0 Å². The first-order valence-electron chi connectivity index (χ1n) is 11.2. The van der Waals surface area contributed by atoms with E-state index in [4.69, 9.17) is 11.6 Å². The van der Waals surface area contributed by atoms with E-state index in [1.54, 1.807) is 6.92 Å². The van der Waals surface area contributed by atoms with Gasteiger partial charge >= 0.3 is 0 Å². The molecule has 1 heterocycles. The van der Waals surface area contributed by atoms with Crippen molar-refractivity contribution in [3.05, 3.63) is 64.4 Å². The molecule has 6 nitrogen and oxygen atoms in total. The molecule has 33 heavy (non-hydrogen) atoms. The van der Waals surface area contributed by atoms with Gasteiger partial charge in [0, 0.05) is 13.1 Å². The van der Waals surface area contributed by atoms with Crippen LogP contribution in [-0.4, -0.2) is 44.6 Å². The summed E-state index contributed by atoms with van der Waals surface area (Å²) in [6, 6.07) is 10.6. The van der Waals surface area contributed by atoms with Gasteiger partial charge in [-0.3, -0.25) is 14.0 Å². The van der Waals surface area contributed by atoms with Crippen LogP contribution in [0, 0.1) is 5.82 Å². The number of likely N-dealkylation sites (tertiary alicyclic amines) is 1. The molecule has 1 fully saturated rings. The van der Waals surface area contributed by atoms with Crippen LogP contribution in [-0.2, 0) is 27.9 Å². The number of piperidine rings is 1. The van der Waals surface area contributed by atoms with E-state index in [-0.39, 0.29) is 17.1 Å². The highest BCUT2D eigenvalue weighted by Crippen LogP contribution is 2.27. The second kappa shape index (κ2) is 11.3. The van der Waals surface area contributed by atoms with Gasteiger partial charge in [-0.25, -0.2) is 12.8 Å². The summed E-state index contributed by atoms with van der Waals surface area (Å²) in [5, 5.41) is 2.70. The molecule has 1 N–H and O–H groups in total. The van der Waals surface area contributed by atoms with Crippen molar-refractivity contribution >= 4 is 33.2 Å². The van der Waals surface area contributed by atoms with E-state index in [2.05, 4.69) is 16.3 Å². The molecule has 1 aliphatic heterocycles. The molecule has 1 saturated heterocycles. The molecule has 3 rings (SSSR count). The number of hydrogen-bond donors (Lipinski definition) is 1. The van der Waals surface area contributed by atoms with E-state index in [0.29, 0.717) is 6.54 Å². The Bertz CT molecular complexity index is 1070. The molecule has 0 radical (unpaired) electrons. The normalized spacial score (nSPS) is 15.8. The molecular formula is C24H31ClFN3O3S. The molecule has 1 aliphatic rings. The number of hydrogen-bond acceptors (Lipinski definition) is 4. The zero-order chi connectivity index (χ0) is 24.0. The molecule has 9 heteroatoms. The number of carbonyl (C=O) groups excluding carboxylic acids is 1. The zero-order valence-corrected chi connectivity index (χ0v) is 20.6. The predicted molar refractivity (Wildman–Crippen MR) is 130 cm³/mol. The van der Waals surface area contributed by atoms with Gasteiger partial charge in [-0.15, -0.1) is 0 Å². The molecule has 180 valence electrons. The van der Waals surface area contributed by atoms with Crippen LogP contribution in [0.2, 0.25) is 5.02 Å². The summed E-state index contributed by atoms with van der Waals surface area (Å²) in [5.74, 6) is -1.08. The lowest BCUT2D eigenvalue weighted by molar-refractivity contribution is -0.122. The van der Waals surface area contributed by atoms with E-state index < -0.39 is 27.8 Å². The Morgan fingerprint density at radius 3 is 2.42 bits per heavy atom. The van der Waals surface area contributed by atoms with Crippen molar-refractivity contribution in [2.75, 3.05) is 23.7 Å². The maximum atomic E-state index is 13.6. The molecule has 0 spiro atoms. The van der Waals surface area contributed by atoms with Crippen molar-refractivity contribution in [2.24, 2.45) is 0 Å². The van der Waals surface area contributed by atoms with Gasteiger partial charge in [0.1, 0.15) is 11.9 Å². The van der Waals surface area contributed by atoms with Crippen molar-refractivity contribution < 1.29 is 17.6 Å². The standard InChI is InChI=1S/C24H31ClFN3O3S/c1-3-23(29(33(2,31)32)20-11-12-22(26)21(25)15-20)24(30)27-16-18-9-5-6-10-19(18)17-28-13-7-4-8-14-28/h5-6,9-12,15,23H,3-4,7-8,13-14,16-17H2,1-2H3,(H,27,30)/t23-/m0/s1. The number of nitrogens with one attached hydrogen (secondary N) is 1. The smallest absolute Gasteiger partial charge is 0.244 e. The maximum absolute atomic E-state index is 13.6. The van der Waals surface area contributed by atoms with Gasteiger partial charge in [-0.05, 0) is 61.7 Å². The summed E-state index contributed by atoms with van der Waals surface area (Å²) in [7, 11) is -3.83. The minimum Gasteiger partial charge on any atom is -0.350 e. The fourth-order valence-corrected chi connectivity index (χ4v) is 5.60. The Balaban J connectivity index is 1.77. The van der Waals surface area contributed by atoms with Gasteiger partial charge < -0.3 is 5.32 Å². The number of rotatable bonds is 9. The van der Waals surface area contributed by atoms with E-state index in [1.165, 1.54) is 31.4 Å². The third kappa shape index (κ3) is 6.68. The van der Waals surface area contributed by atoms with Gasteiger partial charge in [-0.2, -0.15) is 0 Å². The molecule has 1 atom stereocenters. The van der Waals surface area contributed by atoms with Crippen LogP contribution < -0.4 is 9.62 Å². The zero-order valence-electron chi connectivity index (χ0n) is 19.1. The first kappa shape index (κ1) is 25.5. The van der Waals surface area contributed by atoms with Crippen molar-refractivity contribution in [1.29, 1.82) is 0 Å². The van der Waals surface area contributed by atoms with E-state index in [1.807, 2.05) is 18.2 Å². The van der Waals surface area contributed by atoms with Crippen LogP contribution in [0.4, 0.5) is 10.1 Å². The molecule has 1 amide bonds. The fraction of sp³-hybridized carbons (Fsp3) is 0.458. The van der Waals surface area contributed by atoms with Crippen molar-refractivity contribution in [2.45, 2.75) is 51.7 Å². The van der Waals surface area contributed by atoms with Crippen LogP contribution in [0.25, 0.3) is 0 Å². The van der Waals surface area contributed by atoms with Crippen molar-refractivity contribution in [1.82, 2.24) is 10.2 Å². The lowest BCUT2D eigenvalue weighted by Crippen LogP contribution is -2.49. The van der Waals surface area contributed by atoms with Gasteiger partial charge in [-0.1, -0.05) is 49.2 Å². The van der Waals surface area contributed by atoms with E-state index in [0.717, 1.165) is 47.4 Å². The number of sulfonamides is 1. The van der Waals surface area contributed by atoms with Crippen molar-refractivity contribution in [3.63, 3.8) is 0 Å². The van der Waals surface area contributed by atoms with Gasteiger partial charge in [0.15, 0.2) is 0 Å². The first-order chi connectivity index (χ1) is 15.7. The molecule has 2 aromatic rings. The lowest BCUT2D eigenvalue weighted by Gasteiger charge is -2.30. The third-order valence-electron chi connectivity index (χ3n) is 5.90. The number of amides is 1. The Kier molecular flexibility index (Phi) is 8.73. The average molecular weight is 496 g/mol. The Morgan fingerprint density at radius 2 is 1.82 bits per heavy atom. The van der Waals surface area contributed by atoms with Crippen LogP contribution in [0.1, 0.15) is 43.7 Å². The second-order valence-electron chi connectivity index (χ2n) is 8.40. The molecule has 0 saturated carbocycles. The van der Waals surface area contributed by atoms with Gasteiger partial charge in [0.05, 0.1) is 17.0 Å². The van der Waals surface area contributed by atoms with Gasteiger partial charge in [0.2, 0.25) is 15.9 Å². The molecule has 2 aromatic carbocycles. The third-order valence-corrected chi connectivity index (χ3v) is 7.37. The first-order valence-corrected chi connectivity index (χ1v) is 13.4. The summed E-state index contributed by atoms with van der Waals surface area (Å²) in [6.45, 7) is 5.00. The molecule has 0 aliphatic carbocycles. The Morgan fingerprint density at radius 1 is 1.15 bits per heavy atom. The molecule has 0 bridgehead atoms. The monoisotopic (exact) mass is 495 g/mol. The fourth-order valence-electron chi connectivity index (χ4n) is 4.23. The Labute approximate surface area is 200 Å². The largest absolute Gasteiger partial charge is 0.350 e. The number of carbonyl (C=O) groups is 1. The summed E-state index contributed by atoms with van der Waals surface area (Å²) in [5.41, 5.74) is 2.30.